The number of hydrogen-bond donors (Lipinski definition) is 1. The van der Waals surface area contributed by atoms with E-state index in [1.165, 1.54) is 0 Å². The van der Waals surface area contributed by atoms with Gasteiger partial charge in [0.1, 0.15) is 0 Å². The molecule has 0 radical (unpaired) electrons. The molecule has 0 bridgehead atoms. The van der Waals surface area contributed by atoms with Gasteiger partial charge in [-0.1, -0.05) is 0 Å². The molecule has 1 N–H and O–H groups in total. The van der Waals surface area contributed by atoms with Crippen molar-refractivity contribution in [2.45, 2.75) is 20.0 Å². The normalized spacial score (nSPS) is 7.20. The van der Waals surface area contributed by atoms with Gasteiger partial charge in [-0.05, 0) is 13.8 Å². The fourth-order valence-electron chi connectivity index (χ4n) is 0. The molecule has 0 aliphatic rings. The minimum absolute atomic E-state index is 0. The molecule has 2 heteroatoms. The Bertz CT molecular complexity index is 11.6. The zero-order valence-electron chi connectivity index (χ0n) is 3.52. The summed E-state index contributed by atoms with van der Waals surface area (Å²) in [5, 5.41) is 8.06. The van der Waals surface area contributed by atoms with Crippen molar-refractivity contribution < 1.29 is 30.9 Å². The van der Waals surface area contributed by atoms with Crippen molar-refractivity contribution in [3.05, 3.63) is 0 Å². The van der Waals surface area contributed by atoms with Crippen molar-refractivity contribution >= 4 is 0 Å². The van der Waals surface area contributed by atoms with Crippen molar-refractivity contribution in [3.8, 4) is 0 Å². The molecule has 26 valence electrons. The maximum Gasteiger partial charge on any atom is 4.00 e. The summed E-state index contributed by atoms with van der Waals surface area (Å²) < 4.78 is 0. The third kappa shape index (κ3) is 56.1. The van der Waals surface area contributed by atoms with Crippen LogP contribution < -0.4 is 0 Å². The quantitative estimate of drug-likeness (QED) is 0.605. The van der Waals surface area contributed by atoms with Gasteiger partial charge in [-0.3, -0.25) is 0 Å². The molecule has 0 aliphatic heterocycles. The average Bonchev–Trinajstić information content (AvgIpc) is 0.811. The largest absolute Gasteiger partial charge is 4.00 e. The minimum atomic E-state index is -0.167. The maximum absolute atomic E-state index is 8.06. The predicted octanol–water partition coefficient (Wildman–Crippen LogP) is 0.385. The Hall–Kier alpha value is 0.830. The Kier molecular flexibility index (Phi) is 8.96. The van der Waals surface area contributed by atoms with Gasteiger partial charge in [0.25, 0.3) is 0 Å². The Morgan fingerprint density at radius 2 is 1.40 bits per heavy atom. The van der Waals surface area contributed by atoms with Gasteiger partial charge in [-0.15, -0.1) is 0 Å². The van der Waals surface area contributed by atoms with E-state index in [0.717, 1.165) is 0 Å². The molecule has 0 rings (SSSR count). The average molecular weight is 239 g/mol. The molecule has 0 fully saturated rings. The van der Waals surface area contributed by atoms with Gasteiger partial charge < -0.3 is 5.11 Å². The zero-order valence-corrected chi connectivity index (χ0v) is 7.12. The summed E-state index contributed by atoms with van der Waals surface area (Å²) >= 11 is 0. The number of rotatable bonds is 0. The van der Waals surface area contributed by atoms with Crippen molar-refractivity contribution in [2.24, 2.45) is 0 Å². The fourth-order valence-corrected chi connectivity index (χ4v) is 0. The maximum atomic E-state index is 8.06. The van der Waals surface area contributed by atoms with Crippen LogP contribution >= 0.6 is 0 Å². The van der Waals surface area contributed by atoms with Gasteiger partial charge in [-0.25, -0.2) is 0 Å². The molecular weight excluding hydrogens is 231 g/mol. The summed E-state index contributed by atoms with van der Waals surface area (Å²) in [5.74, 6) is 0. The third-order valence-electron chi connectivity index (χ3n) is 0. The van der Waals surface area contributed by atoms with Crippen LogP contribution in [0.3, 0.4) is 0 Å². The van der Waals surface area contributed by atoms with Gasteiger partial charge in [0, 0.05) is 6.10 Å². The van der Waals surface area contributed by atoms with Crippen LogP contribution in [0.1, 0.15) is 13.8 Å². The summed E-state index contributed by atoms with van der Waals surface area (Å²) in [6.07, 6.45) is -0.167. The number of aliphatic hydroxyl groups is 1. The molecule has 0 aromatic carbocycles. The molecule has 0 amide bonds. The second-order valence-electron chi connectivity index (χ2n) is 1.09. The van der Waals surface area contributed by atoms with Crippen LogP contribution in [0.15, 0.2) is 0 Å². The van der Waals surface area contributed by atoms with Crippen LogP contribution in [0.25, 0.3) is 0 Å². The number of aliphatic hydroxyl groups excluding tert-OH is 1. The van der Waals surface area contributed by atoms with E-state index >= 15 is 0 Å². The van der Waals surface area contributed by atoms with Crippen LogP contribution in [-0.2, 0) is 25.8 Å². The first kappa shape index (κ1) is 9.27. The van der Waals surface area contributed by atoms with Gasteiger partial charge in [0.15, 0.2) is 0 Å². The van der Waals surface area contributed by atoms with E-state index in [1.54, 1.807) is 13.8 Å². The molecule has 5 heavy (non-hydrogen) atoms. The first-order chi connectivity index (χ1) is 1.73. The molecule has 0 atom stereocenters. The van der Waals surface area contributed by atoms with Crippen molar-refractivity contribution in [3.63, 3.8) is 0 Å². The minimum Gasteiger partial charge on any atom is -0.394 e. The van der Waals surface area contributed by atoms with Gasteiger partial charge in [0.05, 0.1) is 0 Å². The number of hydrogen-bond acceptors (Lipinski definition) is 1. The van der Waals surface area contributed by atoms with E-state index in [2.05, 4.69) is 0 Å². The van der Waals surface area contributed by atoms with Crippen LogP contribution in [0.5, 0.6) is 0 Å². The van der Waals surface area contributed by atoms with Gasteiger partial charge in [0.2, 0.25) is 0 Å². The molecular formula is C3H8HfO+4. The predicted molar refractivity (Wildman–Crippen MR) is 17.4 cm³/mol. The van der Waals surface area contributed by atoms with Crippen molar-refractivity contribution in [1.29, 1.82) is 0 Å². The molecule has 0 heterocycles. The topological polar surface area (TPSA) is 20.2 Å². The van der Waals surface area contributed by atoms with E-state index in [-0.39, 0.29) is 31.9 Å². The van der Waals surface area contributed by atoms with Crippen LogP contribution in [0.2, 0.25) is 0 Å². The smallest absolute Gasteiger partial charge is 0.394 e. The van der Waals surface area contributed by atoms with Crippen LogP contribution in [-0.4, -0.2) is 11.2 Å². The molecule has 1 nitrogen and oxygen atoms in total. The molecule has 0 aromatic rings. The zero-order chi connectivity index (χ0) is 3.58. The summed E-state index contributed by atoms with van der Waals surface area (Å²) in [6, 6.07) is 0. The Morgan fingerprint density at radius 1 is 1.40 bits per heavy atom. The first-order valence-electron chi connectivity index (χ1n) is 1.41. The van der Waals surface area contributed by atoms with E-state index in [9.17, 15) is 0 Å². The summed E-state index contributed by atoms with van der Waals surface area (Å²) in [7, 11) is 0. The fraction of sp³-hybridized carbons (Fsp3) is 1.00. The summed E-state index contributed by atoms with van der Waals surface area (Å²) in [6.45, 7) is 3.44. The van der Waals surface area contributed by atoms with Crippen LogP contribution in [0, 0.1) is 0 Å². The standard InChI is InChI=1S/C3H8O.Hf/c1-3(2)4;/h3-4H,1-2H3;/q;+4. The SMILES string of the molecule is CC(C)O.[Hf+4]. The molecule has 0 spiro atoms. The van der Waals surface area contributed by atoms with Crippen LogP contribution in [0.4, 0.5) is 0 Å². The van der Waals surface area contributed by atoms with Gasteiger partial charge >= 0.3 is 25.8 Å². The Balaban J connectivity index is 0. The second kappa shape index (κ2) is 4.83. The first-order valence-corrected chi connectivity index (χ1v) is 1.41. The molecule has 0 unspecified atom stereocenters. The monoisotopic (exact) mass is 240 g/mol. The molecule has 0 saturated heterocycles. The summed E-state index contributed by atoms with van der Waals surface area (Å²) in [4.78, 5) is 0. The molecule has 0 saturated carbocycles. The third-order valence-corrected chi connectivity index (χ3v) is 0. The van der Waals surface area contributed by atoms with E-state index < -0.39 is 0 Å². The van der Waals surface area contributed by atoms with E-state index in [0.29, 0.717) is 0 Å². The van der Waals surface area contributed by atoms with E-state index in [4.69, 9.17) is 5.11 Å². The van der Waals surface area contributed by atoms with Gasteiger partial charge in [-0.2, -0.15) is 0 Å². The molecule has 0 aromatic heterocycles. The Morgan fingerprint density at radius 3 is 1.40 bits per heavy atom. The summed E-state index contributed by atoms with van der Waals surface area (Å²) in [5.41, 5.74) is 0. The molecule has 0 aliphatic carbocycles. The van der Waals surface area contributed by atoms with Crippen molar-refractivity contribution in [1.82, 2.24) is 0 Å². The van der Waals surface area contributed by atoms with Crippen molar-refractivity contribution in [2.75, 3.05) is 0 Å². The second-order valence-corrected chi connectivity index (χ2v) is 1.09. The Labute approximate surface area is 51.2 Å². The van der Waals surface area contributed by atoms with E-state index in [1.807, 2.05) is 0 Å².